The minimum Gasteiger partial charge on any atom is -0.453 e. The van der Waals surface area contributed by atoms with Crippen LogP contribution in [0.15, 0.2) is 152 Å². The van der Waals surface area contributed by atoms with E-state index in [1.807, 2.05) is 30.5 Å². The largest absolute Gasteiger partial charge is 0.453 e. The van der Waals surface area contributed by atoms with Crippen LogP contribution in [0.2, 0.25) is 0 Å². The van der Waals surface area contributed by atoms with Gasteiger partial charge in [0.15, 0.2) is 11.5 Å². The zero-order chi connectivity index (χ0) is 30.2. The molecular weight excluding hydrogens is 562 g/mol. The van der Waals surface area contributed by atoms with E-state index in [1.54, 1.807) is 0 Å². The van der Waals surface area contributed by atoms with E-state index in [0.717, 1.165) is 61.6 Å². The normalized spacial score (nSPS) is 12.1. The lowest BCUT2D eigenvalue weighted by atomic mass is 9.85. The standard InChI is InChI=1S/C42H25N3O/c1-2-11-27(12-3-1)42-44-34-20-9-21-36-41(34)45(42)35-23-22-28(25-37(35)46-36)38-29-15-4-6-17-31(29)39(32-18-7-5-16-30(32)38)33-19-8-13-26-14-10-24-43-40(26)33/h1-25H. The second-order valence-corrected chi connectivity index (χ2v) is 11.8. The first-order valence-corrected chi connectivity index (χ1v) is 15.5. The Balaban J connectivity index is 1.25. The summed E-state index contributed by atoms with van der Waals surface area (Å²) in [6, 6.07) is 51.1. The van der Waals surface area contributed by atoms with Gasteiger partial charge in [-0.05, 0) is 68.6 Å². The molecule has 3 heterocycles. The number of hydrogen-bond acceptors (Lipinski definition) is 3. The van der Waals surface area contributed by atoms with Crippen LogP contribution in [0.3, 0.4) is 0 Å². The molecule has 10 rings (SSSR count). The average molecular weight is 588 g/mol. The lowest BCUT2D eigenvalue weighted by molar-refractivity contribution is 0.476. The second kappa shape index (κ2) is 9.62. The lowest BCUT2D eigenvalue weighted by Gasteiger charge is -2.23. The van der Waals surface area contributed by atoms with Gasteiger partial charge in [-0.1, -0.05) is 115 Å². The SMILES string of the molecule is c1ccc(-c2nc3cccc4c3n2-c2ccc(-c3c5ccccc5c(-c5cccc6cccnc56)c5ccccc35)cc2O4)cc1. The van der Waals surface area contributed by atoms with Crippen LogP contribution >= 0.6 is 0 Å². The first-order chi connectivity index (χ1) is 22.8. The van der Waals surface area contributed by atoms with Crippen LogP contribution < -0.4 is 4.74 Å². The van der Waals surface area contributed by atoms with Crippen molar-refractivity contribution >= 4 is 43.5 Å². The number of aromatic nitrogens is 3. The van der Waals surface area contributed by atoms with Crippen LogP contribution in [0, 0.1) is 0 Å². The van der Waals surface area contributed by atoms with Crippen molar-refractivity contribution < 1.29 is 4.74 Å². The molecule has 4 heteroatoms. The van der Waals surface area contributed by atoms with Gasteiger partial charge in [-0.25, -0.2) is 4.98 Å². The Kier molecular flexibility index (Phi) is 5.25. The van der Waals surface area contributed by atoms with Gasteiger partial charge in [0.25, 0.3) is 0 Å². The minimum atomic E-state index is 0.808. The topological polar surface area (TPSA) is 39.9 Å². The van der Waals surface area contributed by atoms with Crippen LogP contribution in [-0.2, 0) is 0 Å². The van der Waals surface area contributed by atoms with Crippen molar-refractivity contribution in [2.45, 2.75) is 0 Å². The van der Waals surface area contributed by atoms with E-state index in [2.05, 4.69) is 126 Å². The molecule has 0 fully saturated rings. The summed E-state index contributed by atoms with van der Waals surface area (Å²) in [4.78, 5) is 9.89. The molecule has 0 unspecified atom stereocenters. The van der Waals surface area contributed by atoms with Gasteiger partial charge in [0.2, 0.25) is 0 Å². The zero-order valence-electron chi connectivity index (χ0n) is 24.7. The van der Waals surface area contributed by atoms with Crippen molar-refractivity contribution in [3.8, 4) is 50.8 Å². The van der Waals surface area contributed by atoms with Crippen LogP contribution in [-0.4, -0.2) is 14.5 Å². The van der Waals surface area contributed by atoms with E-state index < -0.39 is 0 Å². The molecule has 9 aromatic rings. The van der Waals surface area contributed by atoms with Gasteiger partial charge in [0.05, 0.1) is 16.7 Å². The Morgan fingerprint density at radius 1 is 0.522 bits per heavy atom. The van der Waals surface area contributed by atoms with E-state index in [-0.39, 0.29) is 0 Å². The molecule has 0 bridgehead atoms. The molecule has 0 spiro atoms. The van der Waals surface area contributed by atoms with Gasteiger partial charge in [0, 0.05) is 22.7 Å². The van der Waals surface area contributed by atoms with Crippen LogP contribution in [0.25, 0.3) is 82.8 Å². The molecule has 46 heavy (non-hydrogen) atoms. The highest BCUT2D eigenvalue weighted by atomic mass is 16.5. The molecule has 1 aliphatic heterocycles. The summed E-state index contributed by atoms with van der Waals surface area (Å²) in [7, 11) is 0. The van der Waals surface area contributed by atoms with Crippen molar-refractivity contribution in [1.82, 2.24) is 14.5 Å². The quantitative estimate of drug-likeness (QED) is 0.193. The Morgan fingerprint density at radius 3 is 2.00 bits per heavy atom. The summed E-state index contributed by atoms with van der Waals surface area (Å²) >= 11 is 0. The Labute approximate surface area is 264 Å². The Hall–Kier alpha value is -6.26. The third-order valence-corrected chi connectivity index (χ3v) is 9.21. The fourth-order valence-corrected chi connectivity index (χ4v) is 7.28. The van der Waals surface area contributed by atoms with Crippen LogP contribution in [0.5, 0.6) is 11.5 Å². The lowest BCUT2D eigenvalue weighted by Crippen LogP contribution is -2.06. The minimum absolute atomic E-state index is 0.808. The Morgan fingerprint density at radius 2 is 1.22 bits per heavy atom. The highest BCUT2D eigenvalue weighted by Gasteiger charge is 2.26. The molecule has 0 saturated heterocycles. The predicted molar refractivity (Wildman–Crippen MR) is 188 cm³/mol. The summed E-state index contributed by atoms with van der Waals surface area (Å²) in [5.74, 6) is 2.53. The van der Waals surface area contributed by atoms with Crippen LogP contribution in [0.4, 0.5) is 0 Å². The zero-order valence-corrected chi connectivity index (χ0v) is 24.7. The van der Waals surface area contributed by atoms with Gasteiger partial charge in [-0.3, -0.25) is 9.55 Å². The average Bonchev–Trinajstić information content (AvgIpc) is 3.52. The van der Waals surface area contributed by atoms with Gasteiger partial charge in [0.1, 0.15) is 11.3 Å². The van der Waals surface area contributed by atoms with Gasteiger partial charge < -0.3 is 4.74 Å². The van der Waals surface area contributed by atoms with Gasteiger partial charge in [-0.2, -0.15) is 0 Å². The molecule has 1 aliphatic rings. The number of pyridine rings is 1. The molecule has 0 aliphatic carbocycles. The summed E-state index contributed by atoms with van der Waals surface area (Å²) in [6.07, 6.45) is 1.88. The number of imidazole rings is 1. The molecule has 0 amide bonds. The molecule has 4 nitrogen and oxygen atoms in total. The summed E-state index contributed by atoms with van der Waals surface area (Å²) in [6.45, 7) is 0. The van der Waals surface area contributed by atoms with Crippen LogP contribution in [0.1, 0.15) is 0 Å². The van der Waals surface area contributed by atoms with Crippen molar-refractivity contribution in [2.75, 3.05) is 0 Å². The highest BCUT2D eigenvalue weighted by molar-refractivity contribution is 6.23. The third-order valence-electron chi connectivity index (χ3n) is 9.21. The summed E-state index contributed by atoms with van der Waals surface area (Å²) in [5, 5.41) is 5.90. The number of nitrogens with zero attached hydrogens (tertiary/aromatic N) is 3. The fourth-order valence-electron chi connectivity index (χ4n) is 7.28. The molecule has 0 atom stereocenters. The fraction of sp³-hybridized carbons (Fsp3) is 0. The molecule has 2 aromatic heterocycles. The van der Waals surface area contributed by atoms with E-state index in [0.29, 0.717) is 0 Å². The van der Waals surface area contributed by atoms with Crippen molar-refractivity contribution in [3.05, 3.63) is 152 Å². The molecular formula is C42H25N3O. The van der Waals surface area contributed by atoms with Gasteiger partial charge in [-0.15, -0.1) is 0 Å². The van der Waals surface area contributed by atoms with E-state index in [1.165, 1.54) is 32.7 Å². The number of ether oxygens (including phenoxy) is 1. The monoisotopic (exact) mass is 587 g/mol. The maximum absolute atomic E-state index is 6.66. The van der Waals surface area contributed by atoms with E-state index in [9.17, 15) is 0 Å². The first kappa shape index (κ1) is 25.1. The highest BCUT2D eigenvalue weighted by Crippen LogP contribution is 2.48. The maximum Gasteiger partial charge on any atom is 0.153 e. The second-order valence-electron chi connectivity index (χ2n) is 11.8. The van der Waals surface area contributed by atoms with Crippen molar-refractivity contribution in [3.63, 3.8) is 0 Å². The Bertz CT molecular complexity index is 2610. The molecule has 214 valence electrons. The smallest absolute Gasteiger partial charge is 0.153 e. The molecule has 0 N–H and O–H groups in total. The molecule has 0 radical (unpaired) electrons. The number of fused-ring (bicyclic) bond motifs is 5. The number of rotatable bonds is 3. The van der Waals surface area contributed by atoms with Crippen molar-refractivity contribution in [2.24, 2.45) is 0 Å². The number of benzene rings is 7. The van der Waals surface area contributed by atoms with E-state index >= 15 is 0 Å². The summed E-state index contributed by atoms with van der Waals surface area (Å²) in [5.41, 5.74) is 9.60. The first-order valence-electron chi connectivity index (χ1n) is 15.5. The molecule has 0 saturated carbocycles. The number of para-hydroxylation sites is 2. The summed E-state index contributed by atoms with van der Waals surface area (Å²) < 4.78 is 8.90. The maximum atomic E-state index is 6.66. The van der Waals surface area contributed by atoms with Gasteiger partial charge >= 0.3 is 0 Å². The van der Waals surface area contributed by atoms with E-state index in [4.69, 9.17) is 14.7 Å². The predicted octanol–water partition coefficient (Wildman–Crippen LogP) is 11.0. The third kappa shape index (κ3) is 3.55. The molecule has 7 aromatic carbocycles. The van der Waals surface area contributed by atoms with Crippen molar-refractivity contribution in [1.29, 1.82) is 0 Å². The number of hydrogen-bond donors (Lipinski definition) is 0.